The third-order valence-electron chi connectivity index (χ3n) is 3.40. The number of aryl methyl sites for hydroxylation is 1. The van der Waals surface area contributed by atoms with Gasteiger partial charge < -0.3 is 0 Å². The van der Waals surface area contributed by atoms with Crippen molar-refractivity contribution < 1.29 is 4.79 Å². The molecule has 0 spiro atoms. The van der Waals surface area contributed by atoms with Gasteiger partial charge in [0.25, 0.3) is 5.91 Å². The maximum absolute atomic E-state index is 12.4. The van der Waals surface area contributed by atoms with Crippen LogP contribution in [0.15, 0.2) is 42.6 Å². The number of pyridine rings is 1. The van der Waals surface area contributed by atoms with Crippen LogP contribution in [0.1, 0.15) is 10.4 Å². The van der Waals surface area contributed by atoms with Gasteiger partial charge in [0.15, 0.2) is 5.01 Å². The summed E-state index contributed by atoms with van der Waals surface area (Å²) < 4.78 is 1.65. The fourth-order valence-electron chi connectivity index (χ4n) is 2.22. The van der Waals surface area contributed by atoms with E-state index in [-0.39, 0.29) is 5.91 Å². The van der Waals surface area contributed by atoms with Crippen LogP contribution in [0.3, 0.4) is 0 Å². The molecule has 0 saturated carbocycles. The van der Waals surface area contributed by atoms with E-state index in [1.165, 1.54) is 11.3 Å². The quantitative estimate of drug-likeness (QED) is 0.615. The highest BCUT2D eigenvalue weighted by molar-refractivity contribution is 7.18. The molecule has 4 aromatic rings. The monoisotopic (exact) mass is 337 g/mol. The van der Waals surface area contributed by atoms with E-state index in [0.717, 1.165) is 11.2 Å². The first-order valence-electron chi connectivity index (χ1n) is 7.06. The molecule has 0 unspecified atom stereocenters. The summed E-state index contributed by atoms with van der Waals surface area (Å²) in [5, 5.41) is 19.8. The topological polar surface area (TPSA) is 98.5 Å². The van der Waals surface area contributed by atoms with Gasteiger partial charge in [-0.1, -0.05) is 22.6 Å². The van der Waals surface area contributed by atoms with Crippen LogP contribution >= 0.6 is 11.3 Å². The number of carbonyl (C=O) groups excluding carboxylic acids is 1. The maximum Gasteiger partial charge on any atom is 0.257 e. The fourth-order valence-corrected chi connectivity index (χ4v) is 2.93. The first-order chi connectivity index (χ1) is 11.7. The first kappa shape index (κ1) is 14.4. The average molecular weight is 337 g/mol. The molecule has 1 N–H and O–H groups in total. The Kier molecular flexibility index (Phi) is 3.47. The van der Waals surface area contributed by atoms with Crippen LogP contribution in [0.5, 0.6) is 0 Å². The van der Waals surface area contributed by atoms with Crippen LogP contribution in [-0.4, -0.2) is 36.1 Å². The number of benzene rings is 1. The normalized spacial score (nSPS) is 10.9. The Hall–Kier alpha value is -3.20. The molecule has 0 atom stereocenters. The van der Waals surface area contributed by atoms with Gasteiger partial charge in [-0.3, -0.25) is 15.1 Å². The zero-order valence-electron chi connectivity index (χ0n) is 12.5. The standard InChI is InChI=1S/C15H11N7OS/c1-22-12-6-5-9(8-11(12)18-21-22)13(23)17-15-20-19-14(24-15)10-4-2-3-7-16-10/h2-8H,1H3,(H,17,20,23). The first-order valence-corrected chi connectivity index (χ1v) is 7.88. The molecule has 4 rings (SSSR count). The minimum Gasteiger partial charge on any atom is -0.296 e. The van der Waals surface area contributed by atoms with Crippen molar-refractivity contribution in [1.29, 1.82) is 0 Å². The zero-order valence-corrected chi connectivity index (χ0v) is 13.4. The van der Waals surface area contributed by atoms with Crippen LogP contribution in [0.4, 0.5) is 5.13 Å². The van der Waals surface area contributed by atoms with Gasteiger partial charge in [-0.15, -0.1) is 15.3 Å². The molecule has 0 bridgehead atoms. The number of fused-ring (bicyclic) bond motifs is 1. The second kappa shape index (κ2) is 5.78. The molecule has 8 nitrogen and oxygen atoms in total. The van der Waals surface area contributed by atoms with Crippen molar-refractivity contribution in [2.75, 3.05) is 5.32 Å². The summed E-state index contributed by atoms with van der Waals surface area (Å²) in [6.07, 6.45) is 1.69. The molecule has 1 aromatic carbocycles. The lowest BCUT2D eigenvalue weighted by atomic mass is 10.2. The molecule has 0 aliphatic rings. The van der Waals surface area contributed by atoms with Gasteiger partial charge in [0, 0.05) is 18.8 Å². The minimum absolute atomic E-state index is 0.272. The Morgan fingerprint density at radius 3 is 2.92 bits per heavy atom. The van der Waals surface area contributed by atoms with Gasteiger partial charge in [0.2, 0.25) is 5.13 Å². The van der Waals surface area contributed by atoms with E-state index in [0.29, 0.717) is 21.2 Å². The fraction of sp³-hybridized carbons (Fsp3) is 0.0667. The van der Waals surface area contributed by atoms with Crippen molar-refractivity contribution in [3.8, 4) is 10.7 Å². The number of nitrogens with one attached hydrogen (secondary N) is 1. The zero-order chi connectivity index (χ0) is 16.5. The Morgan fingerprint density at radius 2 is 2.08 bits per heavy atom. The number of hydrogen-bond donors (Lipinski definition) is 1. The van der Waals surface area contributed by atoms with Gasteiger partial charge >= 0.3 is 0 Å². The van der Waals surface area contributed by atoms with Crippen LogP contribution in [0.25, 0.3) is 21.7 Å². The van der Waals surface area contributed by atoms with Crippen molar-refractivity contribution in [3.05, 3.63) is 48.2 Å². The van der Waals surface area contributed by atoms with Gasteiger partial charge in [-0.05, 0) is 30.3 Å². The summed E-state index contributed by atoms with van der Waals surface area (Å²) >= 11 is 1.27. The van der Waals surface area contributed by atoms with Gasteiger partial charge in [-0.2, -0.15) is 0 Å². The molecule has 3 aromatic heterocycles. The van der Waals surface area contributed by atoms with Gasteiger partial charge in [0.05, 0.1) is 5.52 Å². The van der Waals surface area contributed by atoms with Crippen molar-refractivity contribution in [2.24, 2.45) is 7.05 Å². The second-order valence-electron chi connectivity index (χ2n) is 5.00. The number of amides is 1. The van der Waals surface area contributed by atoms with E-state index in [4.69, 9.17) is 0 Å². The molecular formula is C15H11N7OS. The van der Waals surface area contributed by atoms with Crippen LogP contribution in [0.2, 0.25) is 0 Å². The largest absolute Gasteiger partial charge is 0.296 e. The SMILES string of the molecule is Cn1nnc2cc(C(=O)Nc3nnc(-c4ccccn4)s3)ccc21. The predicted molar refractivity (Wildman–Crippen MR) is 89.6 cm³/mol. The third-order valence-corrected chi connectivity index (χ3v) is 4.26. The van der Waals surface area contributed by atoms with Crippen molar-refractivity contribution in [2.45, 2.75) is 0 Å². The summed E-state index contributed by atoms with van der Waals surface area (Å²) in [6.45, 7) is 0. The van der Waals surface area contributed by atoms with Gasteiger partial charge in [0.1, 0.15) is 11.2 Å². The van der Waals surface area contributed by atoms with Crippen LogP contribution in [-0.2, 0) is 7.05 Å². The Labute approximate surface area is 140 Å². The molecule has 3 heterocycles. The molecule has 0 radical (unpaired) electrons. The van der Waals surface area contributed by atoms with E-state index >= 15 is 0 Å². The van der Waals surface area contributed by atoms with Gasteiger partial charge in [-0.25, -0.2) is 4.68 Å². The lowest BCUT2D eigenvalue weighted by Gasteiger charge is -2.01. The summed E-state index contributed by atoms with van der Waals surface area (Å²) in [4.78, 5) is 16.6. The maximum atomic E-state index is 12.4. The number of rotatable bonds is 3. The summed E-state index contributed by atoms with van der Waals surface area (Å²) in [7, 11) is 1.80. The van der Waals surface area contributed by atoms with E-state index in [1.54, 1.807) is 30.1 Å². The van der Waals surface area contributed by atoms with Crippen molar-refractivity contribution in [3.63, 3.8) is 0 Å². The molecule has 0 aliphatic heterocycles. The highest BCUT2D eigenvalue weighted by Gasteiger charge is 2.13. The second-order valence-corrected chi connectivity index (χ2v) is 5.98. The van der Waals surface area contributed by atoms with Crippen LogP contribution in [0, 0.1) is 0 Å². The Morgan fingerprint density at radius 1 is 1.17 bits per heavy atom. The number of hydrogen-bond acceptors (Lipinski definition) is 7. The summed E-state index contributed by atoms with van der Waals surface area (Å²) in [5.41, 5.74) is 2.73. The number of carbonyl (C=O) groups is 1. The third kappa shape index (κ3) is 2.61. The Bertz CT molecular complexity index is 1020. The Balaban J connectivity index is 1.56. The molecule has 118 valence electrons. The number of anilines is 1. The molecular weight excluding hydrogens is 326 g/mol. The molecule has 1 amide bonds. The van der Waals surface area contributed by atoms with E-state index < -0.39 is 0 Å². The lowest BCUT2D eigenvalue weighted by molar-refractivity contribution is 0.102. The van der Waals surface area contributed by atoms with Crippen LogP contribution < -0.4 is 5.32 Å². The lowest BCUT2D eigenvalue weighted by Crippen LogP contribution is -2.11. The predicted octanol–water partition coefficient (Wildman–Crippen LogP) is 2.13. The average Bonchev–Trinajstić information content (AvgIpc) is 3.22. The highest BCUT2D eigenvalue weighted by Crippen LogP contribution is 2.25. The molecule has 24 heavy (non-hydrogen) atoms. The summed E-state index contributed by atoms with van der Waals surface area (Å²) in [5.74, 6) is -0.272. The highest BCUT2D eigenvalue weighted by atomic mass is 32.1. The van der Waals surface area contributed by atoms with E-state index in [1.807, 2.05) is 24.3 Å². The van der Waals surface area contributed by atoms with E-state index in [9.17, 15) is 4.79 Å². The smallest absolute Gasteiger partial charge is 0.257 e. The van der Waals surface area contributed by atoms with E-state index in [2.05, 4.69) is 30.8 Å². The number of aromatic nitrogens is 6. The van der Waals surface area contributed by atoms with Crippen molar-refractivity contribution >= 4 is 33.4 Å². The molecule has 9 heteroatoms. The summed E-state index contributed by atoms with van der Waals surface area (Å²) in [6, 6.07) is 10.8. The van der Waals surface area contributed by atoms with Crippen molar-refractivity contribution in [1.82, 2.24) is 30.2 Å². The molecule has 0 fully saturated rings. The molecule has 0 aliphatic carbocycles. The number of nitrogens with zero attached hydrogens (tertiary/aromatic N) is 6. The molecule has 0 saturated heterocycles. The minimum atomic E-state index is -0.272.